The Morgan fingerprint density at radius 2 is 1.59 bits per heavy atom. The van der Waals surface area contributed by atoms with Crippen LogP contribution in [0.25, 0.3) is 11.1 Å². The quantitative estimate of drug-likeness (QED) is 0.511. The van der Waals surface area contributed by atoms with Crippen LogP contribution in [0.3, 0.4) is 0 Å². The van der Waals surface area contributed by atoms with E-state index in [4.69, 9.17) is 0 Å². The van der Waals surface area contributed by atoms with Crippen molar-refractivity contribution in [2.24, 2.45) is 0 Å². The number of benzene rings is 3. The second-order valence-corrected chi connectivity index (χ2v) is 9.89. The number of amides is 1. The monoisotopic (exact) mass is 488 g/mol. The summed E-state index contributed by atoms with van der Waals surface area (Å²) >= 11 is 0. The van der Waals surface area contributed by atoms with Crippen molar-refractivity contribution in [1.29, 1.82) is 0 Å². The van der Waals surface area contributed by atoms with Crippen molar-refractivity contribution < 1.29 is 26.4 Å². The lowest BCUT2D eigenvalue weighted by atomic mass is 9.98. The molecule has 0 unspecified atom stereocenters. The summed E-state index contributed by atoms with van der Waals surface area (Å²) in [6, 6.07) is 18.5. The van der Waals surface area contributed by atoms with Crippen molar-refractivity contribution in [1.82, 2.24) is 9.62 Å². The number of rotatable bonds is 7. The zero-order valence-electron chi connectivity index (χ0n) is 18.2. The molecule has 0 saturated carbocycles. The number of hydrogen-bond donors (Lipinski definition) is 1. The third-order valence-electron chi connectivity index (χ3n) is 5.77. The molecule has 0 aliphatic carbocycles. The molecule has 5 nitrogen and oxygen atoms in total. The van der Waals surface area contributed by atoms with Gasteiger partial charge in [-0.2, -0.15) is 13.2 Å². The van der Waals surface area contributed by atoms with E-state index in [2.05, 4.69) is 4.72 Å². The van der Waals surface area contributed by atoms with Gasteiger partial charge in [0.2, 0.25) is 15.9 Å². The molecule has 4 rings (SSSR count). The van der Waals surface area contributed by atoms with E-state index in [1.54, 1.807) is 12.1 Å². The Bertz CT molecular complexity index is 1270. The fourth-order valence-corrected chi connectivity index (χ4v) is 4.92. The Morgan fingerprint density at radius 1 is 0.912 bits per heavy atom. The molecule has 1 aliphatic rings. The Labute approximate surface area is 196 Å². The van der Waals surface area contributed by atoms with Gasteiger partial charge >= 0.3 is 6.18 Å². The van der Waals surface area contributed by atoms with Crippen LogP contribution in [0.2, 0.25) is 0 Å². The standard InChI is InChI=1S/C25H23F3N2O3S/c26-25(27,28)21-11-13-22(14-12-21)34(32,33)29-16-20-4-1-2-5-23(20)19-9-7-18(8-10-19)17-30-15-3-6-24(30)31/h1-2,4-5,7-14,29H,3,6,15-17H2. The fourth-order valence-electron chi connectivity index (χ4n) is 3.92. The SMILES string of the molecule is O=C1CCCN1Cc1ccc(-c2ccccc2CNS(=O)(=O)c2ccc(C(F)(F)F)cc2)cc1. The third kappa shape index (κ3) is 5.48. The summed E-state index contributed by atoms with van der Waals surface area (Å²) < 4.78 is 66.0. The first-order valence-corrected chi connectivity index (χ1v) is 12.2. The van der Waals surface area contributed by atoms with E-state index in [-0.39, 0.29) is 17.3 Å². The molecule has 0 atom stereocenters. The van der Waals surface area contributed by atoms with E-state index in [0.717, 1.165) is 59.5 Å². The highest BCUT2D eigenvalue weighted by Crippen LogP contribution is 2.30. The second-order valence-electron chi connectivity index (χ2n) is 8.12. The lowest BCUT2D eigenvalue weighted by molar-refractivity contribution is -0.137. The van der Waals surface area contributed by atoms with Crippen LogP contribution in [0, 0.1) is 0 Å². The highest BCUT2D eigenvalue weighted by molar-refractivity contribution is 7.89. The molecular formula is C25H23F3N2O3S. The maximum absolute atomic E-state index is 12.8. The van der Waals surface area contributed by atoms with Crippen LogP contribution in [0.5, 0.6) is 0 Å². The molecule has 3 aromatic carbocycles. The van der Waals surface area contributed by atoms with E-state index >= 15 is 0 Å². The van der Waals surface area contributed by atoms with Crippen LogP contribution in [0.1, 0.15) is 29.5 Å². The van der Waals surface area contributed by atoms with Crippen LogP contribution >= 0.6 is 0 Å². The molecule has 1 heterocycles. The lowest BCUT2D eigenvalue weighted by Crippen LogP contribution is -2.24. The molecule has 1 N–H and O–H groups in total. The van der Waals surface area contributed by atoms with Gasteiger partial charge in [0.05, 0.1) is 10.5 Å². The maximum Gasteiger partial charge on any atom is 0.416 e. The first kappa shape index (κ1) is 24.0. The molecule has 0 aromatic heterocycles. The van der Waals surface area contributed by atoms with Crippen LogP contribution in [0.4, 0.5) is 13.2 Å². The largest absolute Gasteiger partial charge is 0.416 e. The molecule has 3 aromatic rings. The number of nitrogens with one attached hydrogen (secondary N) is 1. The van der Waals surface area contributed by atoms with E-state index < -0.39 is 21.8 Å². The first-order valence-electron chi connectivity index (χ1n) is 10.8. The highest BCUT2D eigenvalue weighted by atomic mass is 32.2. The molecule has 0 spiro atoms. The number of nitrogens with zero attached hydrogens (tertiary/aromatic N) is 1. The molecule has 1 aliphatic heterocycles. The van der Waals surface area contributed by atoms with E-state index in [0.29, 0.717) is 13.0 Å². The molecule has 0 radical (unpaired) electrons. The van der Waals surface area contributed by atoms with Gasteiger partial charge in [-0.1, -0.05) is 48.5 Å². The number of sulfonamides is 1. The van der Waals surface area contributed by atoms with Crippen molar-refractivity contribution >= 4 is 15.9 Å². The number of carbonyl (C=O) groups is 1. The molecule has 1 amide bonds. The Hall–Kier alpha value is -3.17. The zero-order valence-corrected chi connectivity index (χ0v) is 19.0. The van der Waals surface area contributed by atoms with Gasteiger partial charge in [-0.15, -0.1) is 0 Å². The number of carbonyl (C=O) groups excluding carboxylic acids is 1. The van der Waals surface area contributed by atoms with Crippen LogP contribution < -0.4 is 4.72 Å². The van der Waals surface area contributed by atoms with Crippen molar-refractivity contribution in [2.45, 2.75) is 37.0 Å². The van der Waals surface area contributed by atoms with E-state index in [9.17, 15) is 26.4 Å². The normalized spacial score (nSPS) is 14.6. The summed E-state index contributed by atoms with van der Waals surface area (Å²) in [5.41, 5.74) is 2.55. The van der Waals surface area contributed by atoms with Gasteiger partial charge < -0.3 is 4.90 Å². The van der Waals surface area contributed by atoms with Crippen molar-refractivity contribution in [3.8, 4) is 11.1 Å². The minimum Gasteiger partial charge on any atom is -0.338 e. The minimum absolute atomic E-state index is 0.0242. The molecule has 0 bridgehead atoms. The summed E-state index contributed by atoms with van der Waals surface area (Å²) in [5.74, 6) is 0.162. The molecule has 9 heteroatoms. The predicted molar refractivity (Wildman–Crippen MR) is 122 cm³/mol. The highest BCUT2D eigenvalue weighted by Gasteiger charge is 2.30. The minimum atomic E-state index is -4.53. The summed E-state index contributed by atoms with van der Waals surface area (Å²) in [7, 11) is -4.00. The third-order valence-corrected chi connectivity index (χ3v) is 7.19. The summed E-state index contributed by atoms with van der Waals surface area (Å²) in [5, 5.41) is 0. The molecular weight excluding hydrogens is 465 g/mol. The summed E-state index contributed by atoms with van der Waals surface area (Å²) in [4.78, 5) is 13.4. The summed E-state index contributed by atoms with van der Waals surface area (Å²) in [6.45, 7) is 1.31. The average Bonchev–Trinajstić information content (AvgIpc) is 3.22. The van der Waals surface area contributed by atoms with Gasteiger partial charge in [-0.25, -0.2) is 13.1 Å². The Morgan fingerprint density at radius 3 is 2.21 bits per heavy atom. The first-order chi connectivity index (χ1) is 16.1. The molecule has 1 saturated heterocycles. The van der Waals surface area contributed by atoms with Crippen molar-refractivity contribution in [3.63, 3.8) is 0 Å². The Kier molecular flexibility index (Phi) is 6.77. The van der Waals surface area contributed by atoms with Crippen LogP contribution in [-0.2, 0) is 34.1 Å². The smallest absolute Gasteiger partial charge is 0.338 e. The van der Waals surface area contributed by atoms with E-state index in [1.807, 2.05) is 41.3 Å². The van der Waals surface area contributed by atoms with Crippen molar-refractivity contribution in [3.05, 3.63) is 89.5 Å². The topological polar surface area (TPSA) is 66.5 Å². The Balaban J connectivity index is 1.47. The fraction of sp³-hybridized carbons (Fsp3) is 0.240. The van der Waals surface area contributed by atoms with Crippen LogP contribution in [-0.4, -0.2) is 25.8 Å². The maximum atomic E-state index is 12.8. The summed E-state index contributed by atoms with van der Waals surface area (Å²) in [6.07, 6.45) is -3.06. The lowest BCUT2D eigenvalue weighted by Gasteiger charge is -2.16. The number of hydrogen-bond acceptors (Lipinski definition) is 3. The van der Waals surface area contributed by atoms with E-state index in [1.165, 1.54) is 0 Å². The molecule has 1 fully saturated rings. The number of likely N-dealkylation sites (tertiary alicyclic amines) is 1. The van der Waals surface area contributed by atoms with Gasteiger partial charge in [0.1, 0.15) is 0 Å². The van der Waals surface area contributed by atoms with Gasteiger partial charge in [-0.05, 0) is 52.9 Å². The predicted octanol–water partition coefficient (Wildman–Crippen LogP) is 4.97. The number of alkyl halides is 3. The molecule has 34 heavy (non-hydrogen) atoms. The molecule has 178 valence electrons. The van der Waals surface area contributed by atoms with Gasteiger partial charge in [-0.3, -0.25) is 4.79 Å². The zero-order chi connectivity index (χ0) is 24.3. The van der Waals surface area contributed by atoms with Gasteiger partial charge in [0, 0.05) is 26.1 Å². The average molecular weight is 489 g/mol. The number of halogens is 3. The second kappa shape index (κ2) is 9.60. The van der Waals surface area contributed by atoms with Gasteiger partial charge in [0.25, 0.3) is 0 Å². The van der Waals surface area contributed by atoms with Gasteiger partial charge in [0.15, 0.2) is 0 Å². The van der Waals surface area contributed by atoms with Crippen molar-refractivity contribution in [2.75, 3.05) is 6.54 Å². The van der Waals surface area contributed by atoms with Crippen LogP contribution in [0.15, 0.2) is 77.7 Å².